The zero-order valence-corrected chi connectivity index (χ0v) is 15.8. The second kappa shape index (κ2) is 8.15. The number of methoxy groups -OCH3 is 1. The molecule has 0 aliphatic carbocycles. The molecule has 0 spiro atoms. The Morgan fingerprint density at radius 3 is 2.56 bits per heavy atom. The number of sulfonamides is 1. The van der Waals surface area contributed by atoms with E-state index in [0.717, 1.165) is 24.9 Å². The lowest BCUT2D eigenvalue weighted by Crippen LogP contribution is -2.20. The molecule has 0 fully saturated rings. The van der Waals surface area contributed by atoms with E-state index in [0.29, 0.717) is 5.82 Å². The minimum atomic E-state index is -3.82. The van der Waals surface area contributed by atoms with Crippen LogP contribution in [0.2, 0.25) is 0 Å². The topological polar surface area (TPSA) is 84.4 Å². The van der Waals surface area contributed by atoms with Crippen molar-refractivity contribution >= 4 is 21.7 Å². The lowest BCUT2D eigenvalue weighted by atomic mass is 10.2. The summed E-state index contributed by atoms with van der Waals surface area (Å²) in [6.07, 6.45) is 2.15. The summed E-state index contributed by atoms with van der Waals surface area (Å²) in [7, 11) is -0.450. The fourth-order valence-electron chi connectivity index (χ4n) is 2.28. The first-order valence-corrected chi connectivity index (χ1v) is 9.58. The lowest BCUT2D eigenvalue weighted by Gasteiger charge is -2.17. The third-order valence-corrected chi connectivity index (χ3v) is 5.11. The maximum absolute atomic E-state index is 12.6. The number of aryl methyl sites for hydroxylation is 1. The molecule has 0 amide bonds. The molecule has 1 aromatic carbocycles. The van der Waals surface area contributed by atoms with Crippen LogP contribution in [-0.2, 0) is 10.0 Å². The molecule has 25 heavy (non-hydrogen) atoms. The third kappa shape index (κ3) is 4.82. The van der Waals surface area contributed by atoms with Gasteiger partial charge in [0.2, 0.25) is 0 Å². The molecule has 1 aromatic heterocycles. The minimum absolute atomic E-state index is 0.0703. The van der Waals surface area contributed by atoms with Crippen LogP contribution in [0.1, 0.15) is 25.3 Å². The second-order valence-electron chi connectivity index (χ2n) is 5.81. The van der Waals surface area contributed by atoms with E-state index in [-0.39, 0.29) is 16.5 Å². The molecule has 0 radical (unpaired) electrons. The van der Waals surface area contributed by atoms with E-state index in [1.54, 1.807) is 30.3 Å². The number of nitrogens with one attached hydrogen (secondary N) is 1. The largest absolute Gasteiger partial charge is 0.495 e. The van der Waals surface area contributed by atoms with Crippen molar-refractivity contribution in [1.82, 2.24) is 10.2 Å². The van der Waals surface area contributed by atoms with Gasteiger partial charge in [0, 0.05) is 13.6 Å². The van der Waals surface area contributed by atoms with Crippen LogP contribution in [0.15, 0.2) is 35.2 Å². The summed E-state index contributed by atoms with van der Waals surface area (Å²) in [6.45, 7) is 4.81. The first-order valence-electron chi connectivity index (χ1n) is 8.09. The number of hydrogen-bond acceptors (Lipinski definition) is 6. The van der Waals surface area contributed by atoms with Gasteiger partial charge in [-0.05, 0) is 43.2 Å². The number of ether oxygens (including phenoxy) is 1. The SMILES string of the molecule is CCCCN(C)c1ccc(NS(=O)(=O)c2cc(C)ccc2OC)nn1. The van der Waals surface area contributed by atoms with Gasteiger partial charge in [0.25, 0.3) is 10.0 Å². The van der Waals surface area contributed by atoms with E-state index in [4.69, 9.17) is 4.74 Å². The standard InChI is InChI=1S/C17H24N4O3S/c1-5-6-11-21(3)17-10-9-16(18-19-17)20-25(22,23)15-12-13(2)7-8-14(15)24-4/h7-10,12H,5-6,11H2,1-4H3,(H,18,20). The lowest BCUT2D eigenvalue weighted by molar-refractivity contribution is 0.402. The number of aromatic nitrogens is 2. The molecule has 1 N–H and O–H groups in total. The van der Waals surface area contributed by atoms with Crippen molar-refractivity contribution in [3.8, 4) is 5.75 Å². The van der Waals surface area contributed by atoms with Crippen LogP contribution < -0.4 is 14.4 Å². The normalized spacial score (nSPS) is 11.2. The smallest absolute Gasteiger partial charge is 0.266 e. The van der Waals surface area contributed by atoms with E-state index in [9.17, 15) is 8.42 Å². The number of unbranched alkanes of at least 4 members (excludes halogenated alkanes) is 1. The Balaban J connectivity index is 2.20. The summed E-state index contributed by atoms with van der Waals surface area (Å²) in [4.78, 5) is 2.05. The molecule has 2 rings (SSSR count). The van der Waals surface area contributed by atoms with Crippen molar-refractivity contribution in [2.45, 2.75) is 31.6 Å². The summed E-state index contributed by atoms with van der Waals surface area (Å²) < 4.78 is 32.8. The quantitative estimate of drug-likeness (QED) is 0.775. The molecule has 0 saturated carbocycles. The summed E-state index contributed by atoms with van der Waals surface area (Å²) in [5, 5.41) is 8.06. The molecule has 2 aromatic rings. The van der Waals surface area contributed by atoms with Crippen LogP contribution in [0.5, 0.6) is 5.75 Å². The Labute approximate surface area is 149 Å². The van der Waals surface area contributed by atoms with Crippen molar-refractivity contribution in [3.63, 3.8) is 0 Å². The first-order chi connectivity index (χ1) is 11.9. The van der Waals surface area contributed by atoms with Gasteiger partial charge in [-0.2, -0.15) is 0 Å². The van der Waals surface area contributed by atoms with Crippen LogP contribution >= 0.6 is 0 Å². The Morgan fingerprint density at radius 2 is 1.96 bits per heavy atom. The Hall–Kier alpha value is -2.35. The van der Waals surface area contributed by atoms with Gasteiger partial charge >= 0.3 is 0 Å². The second-order valence-corrected chi connectivity index (χ2v) is 7.46. The monoisotopic (exact) mass is 364 g/mol. The zero-order valence-electron chi connectivity index (χ0n) is 15.0. The van der Waals surface area contributed by atoms with Gasteiger partial charge in [0.15, 0.2) is 11.6 Å². The summed E-state index contributed by atoms with van der Waals surface area (Å²) in [5.74, 6) is 1.14. The average molecular weight is 364 g/mol. The maximum atomic E-state index is 12.6. The van der Waals surface area contributed by atoms with E-state index >= 15 is 0 Å². The van der Waals surface area contributed by atoms with Crippen LogP contribution in [0.3, 0.4) is 0 Å². The molecule has 7 nitrogen and oxygen atoms in total. The van der Waals surface area contributed by atoms with Gasteiger partial charge in [0.05, 0.1) is 7.11 Å². The highest BCUT2D eigenvalue weighted by molar-refractivity contribution is 7.92. The molecule has 0 aliphatic heterocycles. The zero-order chi connectivity index (χ0) is 18.4. The number of nitrogens with zero attached hydrogens (tertiary/aromatic N) is 3. The maximum Gasteiger partial charge on any atom is 0.266 e. The molecule has 0 bridgehead atoms. The van der Waals surface area contributed by atoms with E-state index in [1.165, 1.54) is 7.11 Å². The summed E-state index contributed by atoms with van der Waals surface area (Å²) in [5.41, 5.74) is 0.820. The van der Waals surface area contributed by atoms with Gasteiger partial charge < -0.3 is 9.64 Å². The molecule has 8 heteroatoms. The van der Waals surface area contributed by atoms with Crippen LogP contribution in [0, 0.1) is 6.92 Å². The van der Waals surface area contributed by atoms with Crippen LogP contribution in [0.4, 0.5) is 11.6 Å². The number of hydrogen-bond donors (Lipinski definition) is 1. The fourth-order valence-corrected chi connectivity index (χ4v) is 3.53. The van der Waals surface area contributed by atoms with Crippen molar-refractivity contribution in [2.24, 2.45) is 0 Å². The molecule has 0 saturated heterocycles. The minimum Gasteiger partial charge on any atom is -0.495 e. The molecule has 1 heterocycles. The van der Waals surface area contributed by atoms with E-state index in [1.807, 2.05) is 18.9 Å². The number of benzene rings is 1. The van der Waals surface area contributed by atoms with E-state index in [2.05, 4.69) is 21.8 Å². The molecule has 136 valence electrons. The predicted molar refractivity (Wildman–Crippen MR) is 98.7 cm³/mol. The van der Waals surface area contributed by atoms with Crippen LogP contribution in [0.25, 0.3) is 0 Å². The first kappa shape index (κ1) is 19.0. The third-order valence-electron chi connectivity index (χ3n) is 3.74. The Bertz CT molecular complexity index is 807. The average Bonchev–Trinajstić information content (AvgIpc) is 2.60. The number of rotatable bonds is 8. The Kier molecular flexibility index (Phi) is 6.19. The molecular formula is C17H24N4O3S. The van der Waals surface area contributed by atoms with Gasteiger partial charge in [-0.25, -0.2) is 8.42 Å². The molecule has 0 atom stereocenters. The predicted octanol–water partition coefficient (Wildman–Crippen LogP) is 2.83. The van der Waals surface area contributed by atoms with Crippen molar-refractivity contribution in [1.29, 1.82) is 0 Å². The molecule has 0 unspecified atom stereocenters. The van der Waals surface area contributed by atoms with Crippen molar-refractivity contribution in [2.75, 3.05) is 30.3 Å². The van der Waals surface area contributed by atoms with E-state index < -0.39 is 10.0 Å². The summed E-state index contributed by atoms with van der Waals surface area (Å²) in [6, 6.07) is 8.32. The van der Waals surface area contributed by atoms with Crippen molar-refractivity contribution < 1.29 is 13.2 Å². The van der Waals surface area contributed by atoms with Gasteiger partial charge in [-0.3, -0.25) is 4.72 Å². The fraction of sp³-hybridized carbons (Fsp3) is 0.412. The van der Waals surface area contributed by atoms with Crippen molar-refractivity contribution in [3.05, 3.63) is 35.9 Å². The highest BCUT2D eigenvalue weighted by Gasteiger charge is 2.20. The van der Waals surface area contributed by atoms with Gasteiger partial charge in [-0.1, -0.05) is 19.4 Å². The van der Waals surface area contributed by atoms with Crippen LogP contribution in [-0.4, -0.2) is 39.3 Å². The summed E-state index contributed by atoms with van der Waals surface area (Å²) >= 11 is 0. The highest BCUT2D eigenvalue weighted by Crippen LogP contribution is 2.26. The van der Waals surface area contributed by atoms with Gasteiger partial charge in [0.1, 0.15) is 10.6 Å². The highest BCUT2D eigenvalue weighted by atomic mass is 32.2. The number of anilines is 2. The molecule has 0 aliphatic rings. The van der Waals surface area contributed by atoms with Gasteiger partial charge in [-0.15, -0.1) is 10.2 Å². The molecular weight excluding hydrogens is 340 g/mol. The Morgan fingerprint density at radius 1 is 1.20 bits per heavy atom.